The summed E-state index contributed by atoms with van der Waals surface area (Å²) in [5.41, 5.74) is 0.186. The highest BCUT2D eigenvalue weighted by Crippen LogP contribution is 2.17. The fourth-order valence-electron chi connectivity index (χ4n) is 1.52. The first-order chi connectivity index (χ1) is 9.49. The number of benzene rings is 1. The molecule has 1 atom stereocenters. The smallest absolute Gasteiger partial charge is 0.326 e. The molecule has 0 saturated heterocycles. The minimum absolute atomic E-state index is 0.186. The van der Waals surface area contributed by atoms with Crippen molar-refractivity contribution in [2.45, 2.75) is 12.5 Å². The Labute approximate surface area is 115 Å². The number of rotatable bonds is 6. The number of hydrogen-bond acceptors (Lipinski definition) is 5. The van der Waals surface area contributed by atoms with Gasteiger partial charge in [-0.1, -0.05) is 12.1 Å². The highest BCUT2D eigenvalue weighted by molar-refractivity contribution is 5.99. The molecule has 2 N–H and O–H groups in total. The zero-order valence-corrected chi connectivity index (χ0v) is 11.1. The van der Waals surface area contributed by atoms with E-state index in [4.69, 9.17) is 9.84 Å². The van der Waals surface area contributed by atoms with Crippen LogP contribution >= 0.6 is 0 Å². The van der Waals surface area contributed by atoms with Crippen LogP contribution in [0.25, 0.3) is 0 Å². The molecule has 0 heterocycles. The molecular formula is C13H15NO6. The van der Waals surface area contributed by atoms with E-state index >= 15 is 0 Å². The van der Waals surface area contributed by atoms with Gasteiger partial charge in [0.25, 0.3) is 5.91 Å². The Morgan fingerprint density at radius 3 is 2.45 bits per heavy atom. The van der Waals surface area contributed by atoms with Gasteiger partial charge in [0.15, 0.2) is 0 Å². The van der Waals surface area contributed by atoms with Crippen LogP contribution in [0.4, 0.5) is 0 Å². The van der Waals surface area contributed by atoms with Crippen molar-refractivity contribution < 1.29 is 29.0 Å². The van der Waals surface area contributed by atoms with E-state index in [1.807, 2.05) is 0 Å². The van der Waals surface area contributed by atoms with Crippen LogP contribution in [0.1, 0.15) is 16.8 Å². The molecule has 0 fully saturated rings. The van der Waals surface area contributed by atoms with Crippen molar-refractivity contribution in [3.05, 3.63) is 29.8 Å². The topological polar surface area (TPSA) is 102 Å². The number of carbonyl (C=O) groups is 3. The van der Waals surface area contributed by atoms with Crippen molar-refractivity contribution in [2.75, 3.05) is 14.2 Å². The Morgan fingerprint density at radius 1 is 1.25 bits per heavy atom. The summed E-state index contributed by atoms with van der Waals surface area (Å²) in [5, 5.41) is 11.2. The van der Waals surface area contributed by atoms with E-state index in [0.717, 1.165) is 7.11 Å². The molecule has 1 aromatic rings. The third-order valence-electron chi connectivity index (χ3n) is 2.55. The number of esters is 1. The van der Waals surface area contributed by atoms with Crippen molar-refractivity contribution in [3.8, 4) is 5.75 Å². The molecule has 1 amide bonds. The molecular weight excluding hydrogens is 266 g/mol. The average molecular weight is 281 g/mol. The second-order valence-electron chi connectivity index (χ2n) is 3.84. The standard InChI is InChI=1S/C13H15NO6/c1-19-10-6-4-3-5-8(10)12(16)14-9(13(17)18)7-11(15)20-2/h3-6,9H,7H2,1-2H3,(H,14,16)(H,17,18)/t9-/m0/s1. The first-order valence-electron chi connectivity index (χ1n) is 5.73. The van der Waals surface area contributed by atoms with Gasteiger partial charge in [-0.2, -0.15) is 0 Å². The third-order valence-corrected chi connectivity index (χ3v) is 2.55. The van der Waals surface area contributed by atoms with Crippen molar-refractivity contribution in [3.63, 3.8) is 0 Å². The number of hydrogen-bond donors (Lipinski definition) is 2. The molecule has 1 aromatic carbocycles. The maximum absolute atomic E-state index is 12.0. The largest absolute Gasteiger partial charge is 0.496 e. The van der Waals surface area contributed by atoms with E-state index in [1.54, 1.807) is 18.2 Å². The van der Waals surface area contributed by atoms with E-state index in [1.165, 1.54) is 13.2 Å². The fourth-order valence-corrected chi connectivity index (χ4v) is 1.52. The van der Waals surface area contributed by atoms with Gasteiger partial charge in [-0.25, -0.2) is 4.79 Å². The summed E-state index contributed by atoms with van der Waals surface area (Å²) in [4.78, 5) is 34.1. The lowest BCUT2D eigenvalue weighted by molar-refractivity contribution is -0.147. The molecule has 1 rings (SSSR count). The van der Waals surface area contributed by atoms with Crippen LogP contribution in [0.3, 0.4) is 0 Å². The lowest BCUT2D eigenvalue weighted by atomic mass is 10.1. The lowest BCUT2D eigenvalue weighted by Crippen LogP contribution is -2.42. The summed E-state index contributed by atoms with van der Waals surface area (Å²) in [6.07, 6.45) is -0.452. The highest BCUT2D eigenvalue weighted by Gasteiger charge is 2.25. The molecule has 0 unspecified atom stereocenters. The minimum Gasteiger partial charge on any atom is -0.496 e. The number of para-hydroxylation sites is 1. The van der Waals surface area contributed by atoms with E-state index in [2.05, 4.69) is 10.1 Å². The van der Waals surface area contributed by atoms with Gasteiger partial charge >= 0.3 is 11.9 Å². The normalized spacial score (nSPS) is 11.3. The monoisotopic (exact) mass is 281 g/mol. The molecule has 0 radical (unpaired) electrons. The van der Waals surface area contributed by atoms with Crippen molar-refractivity contribution >= 4 is 17.8 Å². The van der Waals surface area contributed by atoms with Crippen LogP contribution in [0.5, 0.6) is 5.75 Å². The quantitative estimate of drug-likeness (QED) is 0.734. The maximum Gasteiger partial charge on any atom is 0.326 e. The van der Waals surface area contributed by atoms with Crippen LogP contribution in [-0.2, 0) is 14.3 Å². The SMILES string of the molecule is COC(=O)C[C@H](NC(=O)c1ccccc1OC)C(=O)O. The maximum atomic E-state index is 12.0. The van der Waals surface area contributed by atoms with Crippen molar-refractivity contribution in [2.24, 2.45) is 0 Å². The molecule has 7 nitrogen and oxygen atoms in total. The molecule has 108 valence electrons. The zero-order valence-electron chi connectivity index (χ0n) is 11.1. The van der Waals surface area contributed by atoms with Gasteiger partial charge in [0.2, 0.25) is 0 Å². The molecule has 0 aliphatic carbocycles. The lowest BCUT2D eigenvalue weighted by Gasteiger charge is -2.14. The third kappa shape index (κ3) is 3.98. The molecule has 20 heavy (non-hydrogen) atoms. The number of carboxylic acids is 1. The van der Waals surface area contributed by atoms with E-state index in [0.29, 0.717) is 5.75 Å². The van der Waals surface area contributed by atoms with Crippen molar-refractivity contribution in [1.82, 2.24) is 5.32 Å². The Bertz CT molecular complexity index is 513. The Morgan fingerprint density at radius 2 is 1.90 bits per heavy atom. The molecule has 0 aliphatic rings. The summed E-state index contributed by atoms with van der Waals surface area (Å²) in [7, 11) is 2.54. The number of carboxylic acid groups (broad SMARTS) is 1. The Kier molecular flexibility index (Phi) is 5.52. The first-order valence-corrected chi connectivity index (χ1v) is 5.73. The number of carbonyl (C=O) groups excluding carboxylic acids is 2. The molecule has 7 heteroatoms. The highest BCUT2D eigenvalue weighted by atomic mass is 16.5. The van der Waals surface area contributed by atoms with E-state index in [9.17, 15) is 14.4 Å². The van der Waals surface area contributed by atoms with Gasteiger partial charge in [-0.05, 0) is 12.1 Å². The summed E-state index contributed by atoms with van der Waals surface area (Å²) < 4.78 is 9.40. The van der Waals surface area contributed by atoms with Gasteiger partial charge in [0.05, 0.1) is 26.2 Å². The van der Waals surface area contributed by atoms with Gasteiger partial charge in [-0.15, -0.1) is 0 Å². The number of amides is 1. The molecule has 0 spiro atoms. The van der Waals surface area contributed by atoms with Crippen LogP contribution < -0.4 is 10.1 Å². The van der Waals surface area contributed by atoms with Gasteiger partial charge in [-0.3, -0.25) is 9.59 Å². The number of methoxy groups -OCH3 is 2. The van der Waals surface area contributed by atoms with Crippen LogP contribution in [0.15, 0.2) is 24.3 Å². The predicted octanol–water partition coefficient (Wildman–Crippen LogP) is 0.441. The summed E-state index contributed by atoms with van der Waals surface area (Å²) in [6.45, 7) is 0. The van der Waals surface area contributed by atoms with Gasteiger partial charge in [0.1, 0.15) is 11.8 Å². The minimum atomic E-state index is -1.36. The number of ether oxygens (including phenoxy) is 2. The van der Waals surface area contributed by atoms with Crippen LogP contribution in [0.2, 0.25) is 0 Å². The second kappa shape index (κ2) is 7.13. The average Bonchev–Trinajstić information content (AvgIpc) is 2.45. The number of aliphatic carboxylic acids is 1. The second-order valence-corrected chi connectivity index (χ2v) is 3.84. The predicted molar refractivity (Wildman–Crippen MR) is 68.5 cm³/mol. The molecule has 0 saturated carbocycles. The van der Waals surface area contributed by atoms with E-state index < -0.39 is 30.3 Å². The van der Waals surface area contributed by atoms with Crippen LogP contribution in [0, 0.1) is 0 Å². The first kappa shape index (κ1) is 15.5. The Hall–Kier alpha value is -2.57. The summed E-state index contributed by atoms with van der Waals surface area (Å²) >= 11 is 0. The molecule has 0 aliphatic heterocycles. The van der Waals surface area contributed by atoms with Gasteiger partial charge < -0.3 is 19.9 Å². The molecule has 0 aromatic heterocycles. The fraction of sp³-hybridized carbons (Fsp3) is 0.308. The Balaban J connectivity index is 2.85. The summed E-state index contributed by atoms with van der Waals surface area (Å²) in [5.74, 6) is -2.37. The zero-order chi connectivity index (χ0) is 15.1. The number of nitrogens with one attached hydrogen (secondary N) is 1. The molecule has 0 bridgehead atoms. The summed E-state index contributed by atoms with van der Waals surface area (Å²) in [6, 6.07) is 5.00. The van der Waals surface area contributed by atoms with Gasteiger partial charge in [0, 0.05) is 0 Å². The van der Waals surface area contributed by atoms with Crippen molar-refractivity contribution in [1.29, 1.82) is 0 Å². The van der Waals surface area contributed by atoms with Crippen LogP contribution in [-0.4, -0.2) is 43.2 Å². The van der Waals surface area contributed by atoms with E-state index in [-0.39, 0.29) is 5.56 Å².